The summed E-state index contributed by atoms with van der Waals surface area (Å²) in [7, 11) is 0. The number of rotatable bonds is 4. The Bertz CT molecular complexity index is 476. The average Bonchev–Trinajstić information content (AvgIpc) is 2.40. The van der Waals surface area contributed by atoms with Crippen molar-refractivity contribution in [2.24, 2.45) is 0 Å². The van der Waals surface area contributed by atoms with E-state index in [1.165, 1.54) is 18.9 Å². The number of hydrogen-bond donors (Lipinski definition) is 1. The van der Waals surface area contributed by atoms with E-state index in [2.05, 4.69) is 5.32 Å². The second-order valence-electron chi connectivity index (χ2n) is 4.75. The molecule has 0 amide bonds. The molecule has 0 aromatic heterocycles. The van der Waals surface area contributed by atoms with E-state index >= 15 is 0 Å². The third-order valence-corrected chi connectivity index (χ3v) is 4.67. The molecule has 1 heterocycles. The summed E-state index contributed by atoms with van der Waals surface area (Å²) in [4.78, 5) is 10.4. The number of nitro benzene ring substituents is 1. The first-order valence-electron chi connectivity index (χ1n) is 6.38. The monoisotopic (exact) mass is 284 g/mol. The van der Waals surface area contributed by atoms with E-state index in [1.54, 1.807) is 6.92 Å². The molecule has 0 bridgehead atoms. The fourth-order valence-electron chi connectivity index (χ4n) is 2.16. The molecule has 6 heteroatoms. The van der Waals surface area contributed by atoms with Gasteiger partial charge in [-0.1, -0.05) is 6.42 Å². The van der Waals surface area contributed by atoms with Gasteiger partial charge in [-0.05, 0) is 37.1 Å². The summed E-state index contributed by atoms with van der Waals surface area (Å²) in [6.45, 7) is 2.30. The Morgan fingerprint density at radius 3 is 2.95 bits per heavy atom. The third kappa shape index (κ3) is 3.59. The molecule has 2 rings (SSSR count). The molecule has 4 nitrogen and oxygen atoms in total. The van der Waals surface area contributed by atoms with Crippen LogP contribution in [0.5, 0.6) is 0 Å². The second-order valence-corrected chi connectivity index (χ2v) is 6.15. The highest BCUT2D eigenvalue weighted by Gasteiger charge is 2.19. The van der Waals surface area contributed by atoms with Crippen molar-refractivity contribution in [1.82, 2.24) is 0 Å². The molecule has 0 spiro atoms. The van der Waals surface area contributed by atoms with Crippen LogP contribution in [0.15, 0.2) is 12.1 Å². The van der Waals surface area contributed by atoms with Crippen LogP contribution in [0.3, 0.4) is 0 Å². The minimum Gasteiger partial charge on any atom is -0.378 e. The lowest BCUT2D eigenvalue weighted by atomic mass is 10.1. The minimum atomic E-state index is -0.543. The predicted molar refractivity (Wildman–Crippen MR) is 76.4 cm³/mol. The molecule has 1 aromatic rings. The van der Waals surface area contributed by atoms with Gasteiger partial charge in [-0.2, -0.15) is 11.8 Å². The van der Waals surface area contributed by atoms with E-state index in [1.807, 2.05) is 11.8 Å². The number of anilines is 1. The van der Waals surface area contributed by atoms with Crippen molar-refractivity contribution in [3.05, 3.63) is 33.6 Å². The lowest BCUT2D eigenvalue weighted by molar-refractivity contribution is -0.384. The van der Waals surface area contributed by atoms with E-state index in [0.717, 1.165) is 18.2 Å². The summed E-state index contributed by atoms with van der Waals surface area (Å²) in [6.07, 6.45) is 3.59. The summed E-state index contributed by atoms with van der Waals surface area (Å²) >= 11 is 1.90. The summed E-state index contributed by atoms with van der Waals surface area (Å²) in [5, 5.41) is 14.5. The molecule has 1 N–H and O–H groups in total. The molecule has 1 aliphatic rings. The van der Waals surface area contributed by atoms with E-state index in [4.69, 9.17) is 0 Å². The molecule has 0 saturated carbocycles. The topological polar surface area (TPSA) is 55.2 Å². The van der Waals surface area contributed by atoms with E-state index in [0.29, 0.717) is 23.0 Å². The van der Waals surface area contributed by atoms with Crippen molar-refractivity contribution in [3.63, 3.8) is 0 Å². The number of nitro groups is 1. The molecule has 1 saturated heterocycles. The van der Waals surface area contributed by atoms with Gasteiger partial charge in [0.2, 0.25) is 0 Å². The van der Waals surface area contributed by atoms with Gasteiger partial charge in [0.25, 0.3) is 5.69 Å². The minimum absolute atomic E-state index is 0.191. The molecule has 0 aliphatic carbocycles. The standard InChI is InChI=1S/C13H17FN2O2S/c1-9-6-12(13(16(17)18)7-11(9)14)15-8-10-4-2-3-5-19-10/h6-7,10,15H,2-5,8H2,1H3. The highest BCUT2D eigenvalue weighted by Crippen LogP contribution is 2.30. The van der Waals surface area contributed by atoms with Gasteiger partial charge in [0.05, 0.1) is 11.0 Å². The number of aryl methyl sites for hydroxylation is 1. The molecular weight excluding hydrogens is 267 g/mol. The fourth-order valence-corrected chi connectivity index (χ4v) is 3.39. The number of nitrogens with one attached hydrogen (secondary N) is 1. The number of benzene rings is 1. The Morgan fingerprint density at radius 1 is 1.53 bits per heavy atom. The molecular formula is C13H17FN2O2S. The number of halogens is 1. The number of nitrogens with zero attached hydrogens (tertiary/aromatic N) is 1. The zero-order chi connectivity index (χ0) is 13.8. The van der Waals surface area contributed by atoms with Crippen LogP contribution >= 0.6 is 11.8 Å². The van der Waals surface area contributed by atoms with E-state index in [9.17, 15) is 14.5 Å². The van der Waals surface area contributed by atoms with Crippen molar-refractivity contribution < 1.29 is 9.31 Å². The van der Waals surface area contributed by atoms with Gasteiger partial charge >= 0.3 is 0 Å². The maximum Gasteiger partial charge on any atom is 0.295 e. The summed E-state index contributed by atoms with van der Waals surface area (Å²) in [6, 6.07) is 2.51. The summed E-state index contributed by atoms with van der Waals surface area (Å²) in [5.74, 6) is 0.612. The number of hydrogen-bond acceptors (Lipinski definition) is 4. The van der Waals surface area contributed by atoms with Crippen LogP contribution in [0.25, 0.3) is 0 Å². The zero-order valence-corrected chi connectivity index (χ0v) is 11.6. The van der Waals surface area contributed by atoms with Gasteiger partial charge in [0.15, 0.2) is 0 Å². The van der Waals surface area contributed by atoms with Crippen molar-refractivity contribution >= 4 is 23.1 Å². The van der Waals surface area contributed by atoms with Crippen LogP contribution in [-0.2, 0) is 0 Å². The van der Waals surface area contributed by atoms with Crippen LogP contribution < -0.4 is 5.32 Å². The largest absolute Gasteiger partial charge is 0.378 e. The first kappa shape index (κ1) is 14.1. The van der Waals surface area contributed by atoms with Crippen molar-refractivity contribution in [3.8, 4) is 0 Å². The lowest BCUT2D eigenvalue weighted by Gasteiger charge is -2.22. The van der Waals surface area contributed by atoms with E-state index < -0.39 is 10.7 Å². The molecule has 104 valence electrons. The molecule has 1 aromatic carbocycles. The lowest BCUT2D eigenvalue weighted by Crippen LogP contribution is -2.20. The van der Waals surface area contributed by atoms with Crippen LogP contribution in [0.1, 0.15) is 24.8 Å². The Hall–Kier alpha value is -1.30. The third-order valence-electron chi connectivity index (χ3n) is 3.27. The second kappa shape index (κ2) is 6.23. The van der Waals surface area contributed by atoms with Gasteiger partial charge in [0, 0.05) is 11.8 Å². The summed E-state index contributed by atoms with van der Waals surface area (Å²) < 4.78 is 13.4. The Morgan fingerprint density at radius 2 is 2.32 bits per heavy atom. The summed E-state index contributed by atoms with van der Waals surface area (Å²) in [5.41, 5.74) is 0.642. The zero-order valence-electron chi connectivity index (χ0n) is 10.8. The number of thioether (sulfide) groups is 1. The van der Waals surface area contributed by atoms with Gasteiger partial charge < -0.3 is 5.32 Å². The predicted octanol–water partition coefficient (Wildman–Crippen LogP) is 3.74. The van der Waals surface area contributed by atoms with Gasteiger partial charge in [-0.25, -0.2) is 4.39 Å². The molecule has 1 fully saturated rings. The van der Waals surface area contributed by atoms with Gasteiger partial charge in [0.1, 0.15) is 11.5 Å². The molecule has 19 heavy (non-hydrogen) atoms. The SMILES string of the molecule is Cc1cc(NCC2CCCCS2)c([N+](=O)[O-])cc1F. The normalized spacial score (nSPS) is 19.2. The van der Waals surface area contributed by atoms with Gasteiger partial charge in [-0.3, -0.25) is 10.1 Å². The maximum atomic E-state index is 13.4. The smallest absolute Gasteiger partial charge is 0.295 e. The Labute approximate surface area is 115 Å². The van der Waals surface area contributed by atoms with Crippen LogP contribution in [0.4, 0.5) is 15.8 Å². The highest BCUT2D eigenvalue weighted by molar-refractivity contribution is 7.99. The highest BCUT2D eigenvalue weighted by atomic mass is 32.2. The molecule has 0 radical (unpaired) electrons. The molecule has 1 atom stereocenters. The van der Waals surface area contributed by atoms with Crippen LogP contribution in [0.2, 0.25) is 0 Å². The first-order chi connectivity index (χ1) is 9.08. The van der Waals surface area contributed by atoms with E-state index in [-0.39, 0.29) is 5.69 Å². The Kier molecular flexibility index (Phi) is 4.63. The maximum absolute atomic E-state index is 13.4. The van der Waals surface area contributed by atoms with Crippen LogP contribution in [0, 0.1) is 22.9 Å². The van der Waals surface area contributed by atoms with Crippen molar-refractivity contribution in [2.75, 3.05) is 17.6 Å². The quantitative estimate of drug-likeness (QED) is 0.676. The van der Waals surface area contributed by atoms with Crippen molar-refractivity contribution in [1.29, 1.82) is 0 Å². The molecule has 1 aliphatic heterocycles. The van der Waals surface area contributed by atoms with Crippen LogP contribution in [-0.4, -0.2) is 22.5 Å². The first-order valence-corrected chi connectivity index (χ1v) is 7.43. The van der Waals surface area contributed by atoms with Crippen molar-refractivity contribution in [2.45, 2.75) is 31.4 Å². The molecule has 1 unspecified atom stereocenters. The average molecular weight is 284 g/mol. The Balaban J connectivity index is 2.09. The fraction of sp³-hybridized carbons (Fsp3) is 0.538. The van der Waals surface area contributed by atoms with Gasteiger partial charge in [-0.15, -0.1) is 0 Å².